The lowest BCUT2D eigenvalue weighted by atomic mass is 9.98. The maximum absolute atomic E-state index is 12.3. The van der Waals surface area contributed by atoms with E-state index in [2.05, 4.69) is 34.9 Å². The quantitative estimate of drug-likeness (QED) is 0.463. The van der Waals surface area contributed by atoms with Crippen molar-refractivity contribution in [2.24, 2.45) is 17.8 Å². The molecule has 0 radical (unpaired) electrons. The monoisotopic (exact) mass is 464 g/mol. The van der Waals surface area contributed by atoms with Gasteiger partial charge in [-0.15, -0.1) is 0 Å². The van der Waals surface area contributed by atoms with Crippen molar-refractivity contribution in [3.8, 4) is 11.1 Å². The first-order valence-corrected chi connectivity index (χ1v) is 12.0. The van der Waals surface area contributed by atoms with Crippen molar-refractivity contribution in [3.63, 3.8) is 0 Å². The van der Waals surface area contributed by atoms with Crippen LogP contribution in [-0.2, 0) is 14.3 Å². The smallest absolute Gasteiger partial charge is 0.407 e. The fraction of sp³-hybridized carbons (Fsp3) is 0.444. The summed E-state index contributed by atoms with van der Waals surface area (Å²) in [5, 5.41) is 14.5. The zero-order valence-electron chi connectivity index (χ0n) is 19.5. The zero-order chi connectivity index (χ0) is 24.1. The third-order valence-electron chi connectivity index (χ3n) is 6.90. The largest absolute Gasteiger partial charge is 0.481 e. The minimum Gasteiger partial charge on any atom is -0.481 e. The lowest BCUT2D eigenvalue weighted by Gasteiger charge is -2.14. The first kappa shape index (κ1) is 23.8. The van der Waals surface area contributed by atoms with Crippen molar-refractivity contribution in [1.29, 1.82) is 0 Å². The molecular formula is C27H32N2O5. The summed E-state index contributed by atoms with van der Waals surface area (Å²) in [4.78, 5) is 35.2. The van der Waals surface area contributed by atoms with Crippen LogP contribution in [0.2, 0.25) is 0 Å². The molecule has 0 bridgehead atoms. The predicted octanol–water partition coefficient (Wildman–Crippen LogP) is 4.17. The van der Waals surface area contributed by atoms with Crippen LogP contribution in [0.4, 0.5) is 4.79 Å². The summed E-state index contributed by atoms with van der Waals surface area (Å²) in [7, 11) is 0. The summed E-state index contributed by atoms with van der Waals surface area (Å²) >= 11 is 0. The van der Waals surface area contributed by atoms with Gasteiger partial charge in [0, 0.05) is 31.3 Å². The van der Waals surface area contributed by atoms with Crippen LogP contribution >= 0.6 is 0 Å². The Morgan fingerprint density at radius 3 is 2.29 bits per heavy atom. The van der Waals surface area contributed by atoms with Gasteiger partial charge in [-0.1, -0.05) is 55.5 Å². The van der Waals surface area contributed by atoms with Gasteiger partial charge in [0.1, 0.15) is 6.61 Å². The predicted molar refractivity (Wildman–Crippen MR) is 128 cm³/mol. The molecule has 7 heteroatoms. The second kappa shape index (κ2) is 10.7. The Labute approximate surface area is 199 Å². The molecular weight excluding hydrogens is 432 g/mol. The summed E-state index contributed by atoms with van der Waals surface area (Å²) in [6.45, 7) is 3.23. The summed E-state index contributed by atoms with van der Waals surface area (Å²) in [6, 6.07) is 16.4. The Hall–Kier alpha value is -3.35. The van der Waals surface area contributed by atoms with Crippen molar-refractivity contribution in [1.82, 2.24) is 10.6 Å². The molecule has 0 spiro atoms. The van der Waals surface area contributed by atoms with Crippen LogP contribution in [0.3, 0.4) is 0 Å². The molecule has 2 amide bonds. The summed E-state index contributed by atoms with van der Waals surface area (Å²) in [6.07, 6.45) is 1.82. The Morgan fingerprint density at radius 1 is 1.00 bits per heavy atom. The Bertz CT molecular complexity index is 1010. The summed E-state index contributed by atoms with van der Waals surface area (Å²) < 4.78 is 5.55. The van der Waals surface area contributed by atoms with Crippen LogP contribution in [-0.4, -0.2) is 42.8 Å². The Balaban J connectivity index is 1.16. The van der Waals surface area contributed by atoms with Gasteiger partial charge in [0.2, 0.25) is 5.91 Å². The number of hydrogen-bond donors (Lipinski definition) is 3. The van der Waals surface area contributed by atoms with Gasteiger partial charge in [-0.05, 0) is 53.4 Å². The fourth-order valence-corrected chi connectivity index (χ4v) is 4.75. The number of carbonyl (C=O) groups excluding carboxylic acids is 2. The second-order valence-corrected chi connectivity index (χ2v) is 9.43. The molecule has 180 valence electrons. The first-order valence-electron chi connectivity index (χ1n) is 12.0. The number of hydrogen-bond acceptors (Lipinski definition) is 4. The van der Waals surface area contributed by atoms with Gasteiger partial charge in [0.05, 0.1) is 0 Å². The van der Waals surface area contributed by atoms with E-state index in [0.717, 1.165) is 12.8 Å². The third-order valence-corrected chi connectivity index (χ3v) is 6.90. The van der Waals surface area contributed by atoms with Crippen LogP contribution in [0.15, 0.2) is 48.5 Å². The maximum atomic E-state index is 12.3. The molecule has 4 rings (SSSR count). The highest BCUT2D eigenvalue weighted by Gasteiger charge is 2.42. The number of ether oxygens (including phenoxy) is 1. The second-order valence-electron chi connectivity index (χ2n) is 9.43. The molecule has 1 fully saturated rings. The maximum Gasteiger partial charge on any atom is 0.407 e. The number of fused-ring (bicyclic) bond motifs is 3. The van der Waals surface area contributed by atoms with Gasteiger partial charge >= 0.3 is 12.1 Å². The highest BCUT2D eigenvalue weighted by molar-refractivity contribution is 5.82. The molecule has 0 aromatic heterocycles. The number of nitrogens with one attached hydrogen (secondary N) is 2. The van der Waals surface area contributed by atoms with Gasteiger partial charge in [0.25, 0.3) is 0 Å². The molecule has 1 saturated carbocycles. The van der Waals surface area contributed by atoms with Gasteiger partial charge in [0.15, 0.2) is 0 Å². The Kier molecular flexibility index (Phi) is 7.50. The van der Waals surface area contributed by atoms with E-state index < -0.39 is 12.1 Å². The average molecular weight is 465 g/mol. The minimum atomic E-state index is -0.791. The minimum absolute atomic E-state index is 0.00442. The number of carbonyl (C=O) groups is 3. The number of rotatable bonds is 11. The number of carboxylic acid groups (broad SMARTS) is 1. The van der Waals surface area contributed by atoms with Gasteiger partial charge in [-0.3, -0.25) is 9.59 Å². The lowest BCUT2D eigenvalue weighted by molar-refractivity contribution is -0.137. The Morgan fingerprint density at radius 2 is 1.65 bits per heavy atom. The molecule has 2 aliphatic rings. The van der Waals surface area contributed by atoms with E-state index in [-0.39, 0.29) is 42.6 Å². The van der Waals surface area contributed by atoms with E-state index in [1.165, 1.54) is 22.3 Å². The van der Waals surface area contributed by atoms with E-state index >= 15 is 0 Å². The van der Waals surface area contributed by atoms with Gasteiger partial charge in [-0.2, -0.15) is 0 Å². The lowest BCUT2D eigenvalue weighted by Crippen LogP contribution is -2.31. The normalized spacial score (nSPS) is 19.0. The van der Waals surface area contributed by atoms with Crippen molar-refractivity contribution in [2.45, 2.75) is 38.5 Å². The molecule has 7 nitrogen and oxygen atoms in total. The summed E-state index contributed by atoms with van der Waals surface area (Å²) in [5.41, 5.74) is 4.73. The molecule has 2 aromatic carbocycles. The molecule has 3 unspecified atom stereocenters. The first-order chi connectivity index (χ1) is 16.4. The molecule has 2 aromatic rings. The van der Waals surface area contributed by atoms with Crippen LogP contribution in [0.5, 0.6) is 0 Å². The van der Waals surface area contributed by atoms with Crippen molar-refractivity contribution >= 4 is 18.0 Å². The molecule has 0 aliphatic heterocycles. The molecule has 34 heavy (non-hydrogen) atoms. The topological polar surface area (TPSA) is 105 Å². The van der Waals surface area contributed by atoms with Crippen molar-refractivity contribution in [2.75, 3.05) is 19.7 Å². The molecule has 3 atom stereocenters. The third kappa shape index (κ3) is 5.76. The van der Waals surface area contributed by atoms with Gasteiger partial charge < -0.3 is 20.5 Å². The zero-order valence-corrected chi connectivity index (χ0v) is 19.5. The van der Waals surface area contributed by atoms with E-state index in [4.69, 9.17) is 9.84 Å². The fourth-order valence-electron chi connectivity index (χ4n) is 4.75. The number of amides is 2. The molecule has 2 aliphatic carbocycles. The highest BCUT2D eigenvalue weighted by atomic mass is 16.5. The SMILES string of the molecule is CC(CCNC(=O)C1CC1CNC(=O)OCC1c2ccccc2-c2ccccc21)CCC(=O)O. The summed E-state index contributed by atoms with van der Waals surface area (Å²) in [5.74, 6) is -0.462. The van der Waals surface area contributed by atoms with Gasteiger partial charge in [-0.25, -0.2) is 4.79 Å². The van der Waals surface area contributed by atoms with E-state index in [1.807, 2.05) is 31.2 Å². The standard InChI is InChI=1S/C27H32N2O5/c1-17(10-11-25(30)31)12-13-28-26(32)23-14-18(23)15-29-27(33)34-16-24-21-8-4-2-6-19(21)20-7-3-5-9-22(20)24/h2-9,17-18,23-24H,10-16H2,1H3,(H,28,32)(H,29,33)(H,30,31). The van der Waals surface area contributed by atoms with E-state index in [1.54, 1.807) is 0 Å². The molecule has 0 saturated heterocycles. The molecule has 3 N–H and O–H groups in total. The van der Waals surface area contributed by atoms with Crippen molar-refractivity contribution < 1.29 is 24.2 Å². The van der Waals surface area contributed by atoms with Crippen LogP contribution in [0, 0.1) is 17.8 Å². The van der Waals surface area contributed by atoms with Crippen LogP contribution < -0.4 is 10.6 Å². The number of alkyl carbamates (subject to hydrolysis) is 1. The van der Waals surface area contributed by atoms with Crippen molar-refractivity contribution in [3.05, 3.63) is 59.7 Å². The number of benzene rings is 2. The highest BCUT2D eigenvalue weighted by Crippen LogP contribution is 2.44. The van der Waals surface area contributed by atoms with Crippen LogP contribution in [0.25, 0.3) is 11.1 Å². The van der Waals surface area contributed by atoms with Crippen LogP contribution in [0.1, 0.15) is 49.7 Å². The molecule has 0 heterocycles. The number of carboxylic acids is 1. The number of aliphatic carboxylic acids is 1. The van der Waals surface area contributed by atoms with E-state index in [0.29, 0.717) is 19.5 Å². The van der Waals surface area contributed by atoms with E-state index in [9.17, 15) is 14.4 Å². The average Bonchev–Trinajstić information content (AvgIpc) is 3.55.